The summed E-state index contributed by atoms with van der Waals surface area (Å²) in [6, 6.07) is 16.5. The fourth-order valence-electron chi connectivity index (χ4n) is 2.88. The highest BCUT2D eigenvalue weighted by atomic mass is 32.2. The molecule has 2 aromatic carbocycles. The van der Waals surface area contributed by atoms with E-state index >= 15 is 0 Å². The Morgan fingerprint density at radius 2 is 1.68 bits per heavy atom. The van der Waals surface area contributed by atoms with Gasteiger partial charge < -0.3 is 10.1 Å². The van der Waals surface area contributed by atoms with Crippen LogP contribution in [0.3, 0.4) is 0 Å². The fraction of sp³-hybridized carbons (Fsp3) is 0.0556. The van der Waals surface area contributed by atoms with Gasteiger partial charge >= 0.3 is 0 Å². The van der Waals surface area contributed by atoms with Crippen LogP contribution in [-0.2, 0) is 0 Å². The van der Waals surface area contributed by atoms with Crippen molar-refractivity contribution >= 4 is 39.5 Å². The van der Waals surface area contributed by atoms with Crippen LogP contribution in [0.5, 0.6) is 5.88 Å². The van der Waals surface area contributed by atoms with Crippen LogP contribution in [0.2, 0.25) is 0 Å². The number of aromatic nitrogens is 3. The van der Waals surface area contributed by atoms with Crippen molar-refractivity contribution in [1.82, 2.24) is 14.5 Å². The monoisotopic (exact) mass is 351 g/mol. The largest absolute Gasteiger partial charge is 0.493 e. The minimum absolute atomic E-state index is 0.0784. The predicted molar refractivity (Wildman–Crippen MR) is 97.3 cm³/mol. The number of aromatic amines is 1. The molecule has 4 aromatic rings. The number of carbonyl (C=O) groups excluding carboxylic acids is 1. The number of hydrogen-bond acceptors (Lipinski definition) is 5. The summed E-state index contributed by atoms with van der Waals surface area (Å²) in [4.78, 5) is 30.5. The Bertz CT molecular complexity index is 1110. The Balaban J connectivity index is 1.73. The van der Waals surface area contributed by atoms with E-state index in [1.54, 1.807) is 4.57 Å². The summed E-state index contributed by atoms with van der Waals surface area (Å²) in [5.74, 6) is -0.418. The van der Waals surface area contributed by atoms with Crippen LogP contribution in [0.1, 0.15) is 4.79 Å². The summed E-state index contributed by atoms with van der Waals surface area (Å²) in [7, 11) is 0. The molecule has 0 bridgehead atoms. The summed E-state index contributed by atoms with van der Waals surface area (Å²) < 4.78 is 1.68. The van der Waals surface area contributed by atoms with Crippen molar-refractivity contribution in [2.75, 3.05) is 5.75 Å². The third kappa shape index (κ3) is 2.78. The van der Waals surface area contributed by atoms with Gasteiger partial charge in [0, 0.05) is 10.8 Å². The van der Waals surface area contributed by atoms with Crippen molar-refractivity contribution in [1.29, 1.82) is 0 Å². The summed E-state index contributed by atoms with van der Waals surface area (Å²) in [6.07, 6.45) is 0. The molecule has 124 valence electrons. The van der Waals surface area contributed by atoms with E-state index in [4.69, 9.17) is 0 Å². The van der Waals surface area contributed by atoms with Gasteiger partial charge in [0.1, 0.15) is 0 Å². The van der Waals surface area contributed by atoms with Gasteiger partial charge in [-0.2, -0.15) is 4.98 Å². The van der Waals surface area contributed by atoms with Crippen LogP contribution in [0.4, 0.5) is 0 Å². The smallest absolute Gasteiger partial charge is 0.255 e. The zero-order valence-corrected chi connectivity index (χ0v) is 13.8. The first kappa shape index (κ1) is 15.5. The Morgan fingerprint density at radius 3 is 2.28 bits per heavy atom. The number of aromatic hydroxyl groups is 1. The van der Waals surface area contributed by atoms with E-state index < -0.39 is 5.56 Å². The maximum atomic E-state index is 12.8. The van der Waals surface area contributed by atoms with Gasteiger partial charge in [-0.1, -0.05) is 48.2 Å². The van der Waals surface area contributed by atoms with Crippen molar-refractivity contribution < 1.29 is 9.90 Å². The maximum absolute atomic E-state index is 12.8. The number of thioether (sulfide) groups is 1. The van der Waals surface area contributed by atoms with Gasteiger partial charge in [0.2, 0.25) is 11.8 Å². The molecule has 0 aliphatic rings. The molecule has 6 nitrogen and oxygen atoms in total. The molecule has 2 N–H and O–H groups in total. The summed E-state index contributed by atoms with van der Waals surface area (Å²) in [5, 5.41) is 11.6. The highest BCUT2D eigenvalue weighted by Crippen LogP contribution is 2.29. The molecule has 0 fully saturated rings. The van der Waals surface area contributed by atoms with Crippen molar-refractivity contribution in [3.63, 3.8) is 0 Å². The molecule has 4 rings (SSSR count). The van der Waals surface area contributed by atoms with Crippen molar-refractivity contribution in [2.24, 2.45) is 0 Å². The predicted octanol–water partition coefficient (Wildman–Crippen LogP) is 3.02. The first-order valence-electron chi connectivity index (χ1n) is 7.58. The molecule has 0 aliphatic heterocycles. The molecule has 0 unspecified atom stereocenters. The maximum Gasteiger partial charge on any atom is 0.255 e. The van der Waals surface area contributed by atoms with E-state index in [2.05, 4.69) is 9.97 Å². The number of H-pyrrole nitrogens is 1. The van der Waals surface area contributed by atoms with Gasteiger partial charge in [-0.15, -0.1) is 0 Å². The first-order chi connectivity index (χ1) is 12.1. The molecule has 0 spiro atoms. The molecule has 0 saturated heterocycles. The SMILES string of the molecule is O=C(CSc1nc(O)cc(=O)[nH]1)n1c2ccccc2c2ccccc21. The lowest BCUT2D eigenvalue weighted by atomic mass is 10.2. The van der Waals surface area contributed by atoms with Gasteiger partial charge in [0.15, 0.2) is 5.16 Å². The van der Waals surface area contributed by atoms with Gasteiger partial charge in [-0.05, 0) is 12.1 Å². The molecular weight excluding hydrogens is 338 g/mol. The number of benzene rings is 2. The van der Waals surface area contributed by atoms with Gasteiger partial charge in [0.25, 0.3) is 5.56 Å². The Hall–Kier alpha value is -3.06. The van der Waals surface area contributed by atoms with Crippen LogP contribution in [0.25, 0.3) is 21.8 Å². The number of rotatable bonds is 3. The van der Waals surface area contributed by atoms with E-state index in [0.717, 1.165) is 39.6 Å². The molecular formula is C18H13N3O3S. The standard InChI is InChI=1S/C18H13N3O3S/c22-15-9-16(23)20-18(19-15)25-10-17(24)21-13-7-3-1-5-11(13)12-6-2-4-8-14(12)21/h1-9H,10H2,(H2,19,20,22,23). The van der Waals surface area contributed by atoms with Gasteiger partial charge in [-0.3, -0.25) is 14.2 Å². The molecule has 0 atom stereocenters. The van der Waals surface area contributed by atoms with Crippen LogP contribution in [-0.4, -0.2) is 31.3 Å². The number of nitrogens with one attached hydrogen (secondary N) is 1. The van der Waals surface area contributed by atoms with Crippen LogP contribution in [0.15, 0.2) is 64.5 Å². The quantitative estimate of drug-likeness (QED) is 0.438. The summed E-state index contributed by atoms with van der Waals surface area (Å²) in [5.41, 5.74) is 1.22. The minimum Gasteiger partial charge on any atom is -0.493 e. The third-order valence-corrected chi connectivity index (χ3v) is 4.73. The Morgan fingerprint density at radius 1 is 1.08 bits per heavy atom. The van der Waals surface area contributed by atoms with Crippen molar-refractivity contribution in [3.8, 4) is 5.88 Å². The van der Waals surface area contributed by atoms with E-state index in [0.29, 0.717) is 0 Å². The second-order valence-corrected chi connectivity index (χ2v) is 6.42. The second-order valence-electron chi connectivity index (χ2n) is 5.46. The molecule has 0 saturated carbocycles. The number of fused-ring (bicyclic) bond motifs is 3. The van der Waals surface area contributed by atoms with E-state index in [1.165, 1.54) is 0 Å². The summed E-state index contributed by atoms with van der Waals surface area (Å²) in [6.45, 7) is 0. The fourth-order valence-corrected chi connectivity index (χ4v) is 3.60. The van der Waals surface area contributed by atoms with Crippen LogP contribution in [0, 0.1) is 0 Å². The molecule has 7 heteroatoms. The van der Waals surface area contributed by atoms with Crippen molar-refractivity contribution in [3.05, 3.63) is 65.0 Å². The lowest BCUT2D eigenvalue weighted by Gasteiger charge is -2.06. The molecule has 0 amide bonds. The number of nitrogens with zero attached hydrogens (tertiary/aromatic N) is 2. The van der Waals surface area contributed by atoms with E-state index in [-0.39, 0.29) is 22.7 Å². The molecule has 2 heterocycles. The summed E-state index contributed by atoms with van der Waals surface area (Å²) >= 11 is 1.08. The highest BCUT2D eigenvalue weighted by Gasteiger charge is 2.16. The highest BCUT2D eigenvalue weighted by molar-refractivity contribution is 7.99. The topological polar surface area (TPSA) is 88.0 Å². The molecule has 0 aliphatic carbocycles. The van der Waals surface area contributed by atoms with Crippen LogP contribution < -0.4 is 5.56 Å². The van der Waals surface area contributed by atoms with E-state index in [1.807, 2.05) is 48.5 Å². The van der Waals surface area contributed by atoms with Crippen LogP contribution >= 0.6 is 11.8 Å². The second kappa shape index (κ2) is 6.10. The van der Waals surface area contributed by atoms with Gasteiger partial charge in [-0.25, -0.2) is 0 Å². The lowest BCUT2D eigenvalue weighted by Crippen LogP contribution is -2.14. The van der Waals surface area contributed by atoms with Crippen molar-refractivity contribution in [2.45, 2.75) is 5.16 Å². The first-order valence-corrected chi connectivity index (χ1v) is 8.56. The molecule has 2 aromatic heterocycles. The zero-order chi connectivity index (χ0) is 17.4. The molecule has 25 heavy (non-hydrogen) atoms. The lowest BCUT2D eigenvalue weighted by molar-refractivity contribution is 0.0951. The zero-order valence-electron chi connectivity index (χ0n) is 13.0. The minimum atomic E-state index is -0.459. The third-order valence-electron chi connectivity index (χ3n) is 3.87. The van der Waals surface area contributed by atoms with Gasteiger partial charge in [0.05, 0.1) is 22.9 Å². The molecule has 0 radical (unpaired) electrons. The average molecular weight is 351 g/mol. The number of hydrogen-bond donors (Lipinski definition) is 2. The average Bonchev–Trinajstić information content (AvgIpc) is 2.93. The Kier molecular flexibility index (Phi) is 3.77. The number of para-hydroxylation sites is 2. The van der Waals surface area contributed by atoms with E-state index in [9.17, 15) is 14.7 Å². The number of carbonyl (C=O) groups is 1. The normalized spacial score (nSPS) is 11.2. The Labute approximate surface area is 146 Å².